The van der Waals surface area contributed by atoms with E-state index in [-0.39, 0.29) is 17.3 Å². The first-order valence-corrected chi connectivity index (χ1v) is 10.3. The van der Waals surface area contributed by atoms with Crippen molar-refractivity contribution in [2.24, 2.45) is 0 Å². The molecule has 2 amide bonds. The lowest BCUT2D eigenvalue weighted by molar-refractivity contribution is 0.0984. The van der Waals surface area contributed by atoms with Crippen LogP contribution in [0.2, 0.25) is 0 Å². The number of nitrogen functional groups attached to an aromatic ring is 1. The van der Waals surface area contributed by atoms with Gasteiger partial charge in [-0.05, 0) is 48.0 Å². The number of nitrogens with two attached hydrogens (primary N) is 1. The number of aromatic nitrogens is 2. The molecule has 0 spiro atoms. The van der Waals surface area contributed by atoms with Crippen LogP contribution in [0.5, 0.6) is 0 Å². The summed E-state index contributed by atoms with van der Waals surface area (Å²) in [4.78, 5) is 35.8. The van der Waals surface area contributed by atoms with Gasteiger partial charge in [-0.2, -0.15) is 0 Å². The number of anilines is 5. The van der Waals surface area contributed by atoms with E-state index in [0.29, 0.717) is 17.9 Å². The molecule has 0 unspecified atom stereocenters. The van der Waals surface area contributed by atoms with E-state index in [4.69, 9.17) is 5.73 Å². The number of para-hydroxylation sites is 3. The van der Waals surface area contributed by atoms with Crippen molar-refractivity contribution in [3.05, 3.63) is 102 Å². The molecule has 0 radical (unpaired) electrons. The number of carbonyl (C=O) groups excluding carboxylic acids is 2. The van der Waals surface area contributed by atoms with E-state index in [1.54, 1.807) is 29.2 Å². The van der Waals surface area contributed by atoms with Crippen LogP contribution in [0.1, 0.15) is 26.3 Å². The molecule has 0 saturated heterocycles. The number of hydrogen-bond acceptors (Lipinski definition) is 6. The number of carbonyl (C=O) groups is 2. The Bertz CT molecular complexity index is 1350. The number of hydrogen-bond donors (Lipinski definition) is 3. The lowest BCUT2D eigenvalue weighted by atomic mass is 10.1. The summed E-state index contributed by atoms with van der Waals surface area (Å²) in [6.07, 6.45) is 2.97. The van der Waals surface area contributed by atoms with Crippen LogP contribution in [-0.2, 0) is 6.54 Å². The Hall–Kier alpha value is -4.72. The zero-order chi connectivity index (χ0) is 22.8. The minimum Gasteiger partial charge on any atom is -0.383 e. The Balaban J connectivity index is 1.40. The van der Waals surface area contributed by atoms with Crippen molar-refractivity contribution >= 4 is 40.5 Å². The van der Waals surface area contributed by atoms with Crippen LogP contribution in [0, 0.1) is 0 Å². The molecule has 4 N–H and O–H groups in total. The third kappa shape index (κ3) is 3.97. The van der Waals surface area contributed by atoms with E-state index in [1.807, 2.05) is 48.5 Å². The maximum absolute atomic E-state index is 13.5. The Morgan fingerprint density at radius 1 is 0.909 bits per heavy atom. The summed E-state index contributed by atoms with van der Waals surface area (Å²) < 4.78 is 0. The van der Waals surface area contributed by atoms with Crippen LogP contribution in [-0.4, -0.2) is 21.8 Å². The van der Waals surface area contributed by atoms with Gasteiger partial charge in [0.05, 0.1) is 29.0 Å². The number of benzene rings is 2. The number of fused-ring (bicyclic) bond motifs is 2. The quantitative estimate of drug-likeness (QED) is 0.443. The first-order chi connectivity index (χ1) is 16.1. The predicted molar refractivity (Wildman–Crippen MR) is 128 cm³/mol. The van der Waals surface area contributed by atoms with Gasteiger partial charge in [0.25, 0.3) is 11.8 Å². The molecular formula is C25H20N6O2. The van der Waals surface area contributed by atoms with E-state index in [1.165, 1.54) is 12.4 Å². The molecule has 1 aliphatic rings. The summed E-state index contributed by atoms with van der Waals surface area (Å²) in [7, 11) is 0. The van der Waals surface area contributed by atoms with Gasteiger partial charge in [0.1, 0.15) is 11.6 Å². The van der Waals surface area contributed by atoms with Crippen LogP contribution in [0.25, 0.3) is 0 Å². The summed E-state index contributed by atoms with van der Waals surface area (Å²) >= 11 is 0. The number of rotatable bonds is 3. The fourth-order valence-corrected chi connectivity index (χ4v) is 3.72. The summed E-state index contributed by atoms with van der Waals surface area (Å²) in [5, 5.41) is 6.10. The number of pyridine rings is 2. The first kappa shape index (κ1) is 20.2. The van der Waals surface area contributed by atoms with Gasteiger partial charge in [0.15, 0.2) is 0 Å². The van der Waals surface area contributed by atoms with E-state index in [0.717, 1.165) is 22.6 Å². The second-order valence-electron chi connectivity index (χ2n) is 7.51. The van der Waals surface area contributed by atoms with Crippen LogP contribution in [0.3, 0.4) is 0 Å². The number of nitrogens with zero attached hydrogens (tertiary/aromatic N) is 3. The van der Waals surface area contributed by atoms with Gasteiger partial charge in [-0.1, -0.05) is 30.3 Å². The highest BCUT2D eigenvalue weighted by Crippen LogP contribution is 2.36. The minimum absolute atomic E-state index is 0.135. The van der Waals surface area contributed by atoms with E-state index in [9.17, 15) is 9.59 Å². The average molecular weight is 436 g/mol. The summed E-state index contributed by atoms with van der Waals surface area (Å²) in [6.45, 7) is 0.414. The van der Waals surface area contributed by atoms with Gasteiger partial charge >= 0.3 is 0 Å². The molecule has 8 nitrogen and oxygen atoms in total. The SMILES string of the molecule is Nc1ncccc1C(=O)Nc1ccc(C(=O)N2Cc3ccccc3Nc3ccccc32)cn1. The van der Waals surface area contributed by atoms with Crippen molar-refractivity contribution in [1.29, 1.82) is 0 Å². The van der Waals surface area contributed by atoms with Crippen LogP contribution >= 0.6 is 0 Å². The maximum Gasteiger partial charge on any atom is 0.260 e. The number of nitrogens with one attached hydrogen (secondary N) is 2. The fraction of sp³-hybridized carbons (Fsp3) is 0.0400. The monoisotopic (exact) mass is 436 g/mol. The first-order valence-electron chi connectivity index (χ1n) is 10.3. The summed E-state index contributed by atoms with van der Waals surface area (Å²) in [6, 6.07) is 22.0. The Kier molecular flexibility index (Phi) is 5.16. The molecule has 0 aliphatic carbocycles. The van der Waals surface area contributed by atoms with Gasteiger partial charge in [0.2, 0.25) is 0 Å². The van der Waals surface area contributed by atoms with Crippen molar-refractivity contribution in [3.63, 3.8) is 0 Å². The molecule has 33 heavy (non-hydrogen) atoms. The average Bonchev–Trinajstić information content (AvgIpc) is 3.01. The lowest BCUT2D eigenvalue weighted by Crippen LogP contribution is -2.30. The molecular weight excluding hydrogens is 416 g/mol. The smallest absolute Gasteiger partial charge is 0.260 e. The van der Waals surface area contributed by atoms with E-state index in [2.05, 4.69) is 20.6 Å². The van der Waals surface area contributed by atoms with E-state index < -0.39 is 5.91 Å². The predicted octanol–water partition coefficient (Wildman–Crippen LogP) is 4.22. The third-order valence-corrected chi connectivity index (χ3v) is 5.39. The molecule has 2 aromatic heterocycles. The summed E-state index contributed by atoms with van der Waals surface area (Å²) in [5.41, 5.74) is 10.0. The molecule has 0 fully saturated rings. The molecule has 162 valence electrons. The molecule has 0 atom stereocenters. The topological polar surface area (TPSA) is 113 Å². The standard InChI is InChI=1S/C25H20N6O2/c26-23-18(7-5-13-27-23)24(32)30-22-12-11-16(14-28-22)25(33)31-15-17-6-1-2-8-19(17)29-20-9-3-4-10-21(20)31/h1-14,29H,15H2,(H2,26,27)(H,28,30,32). The lowest BCUT2D eigenvalue weighted by Gasteiger charge is -2.22. The van der Waals surface area contributed by atoms with Crippen LogP contribution in [0.4, 0.5) is 28.7 Å². The van der Waals surface area contributed by atoms with Gasteiger partial charge in [-0.3, -0.25) is 9.59 Å². The van der Waals surface area contributed by atoms with Crippen molar-refractivity contribution in [2.45, 2.75) is 6.54 Å². The normalized spacial score (nSPS) is 12.1. The second-order valence-corrected chi connectivity index (χ2v) is 7.51. The molecule has 2 aromatic carbocycles. The van der Waals surface area contributed by atoms with Gasteiger partial charge in [-0.25, -0.2) is 9.97 Å². The van der Waals surface area contributed by atoms with Gasteiger partial charge in [0, 0.05) is 18.1 Å². The van der Waals surface area contributed by atoms with Crippen LogP contribution < -0.4 is 21.3 Å². The van der Waals surface area contributed by atoms with Gasteiger partial charge in [-0.15, -0.1) is 0 Å². The molecule has 0 saturated carbocycles. The van der Waals surface area contributed by atoms with Crippen molar-refractivity contribution < 1.29 is 9.59 Å². The molecule has 4 aromatic rings. The molecule has 5 rings (SSSR count). The molecule has 8 heteroatoms. The molecule has 1 aliphatic heterocycles. The third-order valence-electron chi connectivity index (χ3n) is 5.39. The Morgan fingerprint density at radius 3 is 2.48 bits per heavy atom. The maximum atomic E-state index is 13.5. The van der Waals surface area contributed by atoms with Crippen LogP contribution in [0.15, 0.2) is 85.2 Å². The van der Waals surface area contributed by atoms with Gasteiger partial charge < -0.3 is 21.3 Å². The zero-order valence-corrected chi connectivity index (χ0v) is 17.5. The fourth-order valence-electron chi connectivity index (χ4n) is 3.72. The highest BCUT2D eigenvalue weighted by atomic mass is 16.2. The summed E-state index contributed by atoms with van der Waals surface area (Å²) in [5.74, 6) is -0.169. The largest absolute Gasteiger partial charge is 0.383 e. The Labute approximate surface area is 190 Å². The molecule has 0 bridgehead atoms. The van der Waals surface area contributed by atoms with E-state index >= 15 is 0 Å². The molecule has 3 heterocycles. The highest BCUT2D eigenvalue weighted by molar-refractivity contribution is 6.09. The highest BCUT2D eigenvalue weighted by Gasteiger charge is 2.25. The van der Waals surface area contributed by atoms with Crippen molar-refractivity contribution in [2.75, 3.05) is 21.3 Å². The number of amides is 2. The second kappa shape index (κ2) is 8.43. The zero-order valence-electron chi connectivity index (χ0n) is 17.5. The van der Waals surface area contributed by atoms with Crippen molar-refractivity contribution in [1.82, 2.24) is 9.97 Å². The minimum atomic E-state index is -0.420. The van der Waals surface area contributed by atoms with Crippen molar-refractivity contribution in [3.8, 4) is 0 Å². The Morgan fingerprint density at radius 2 is 1.70 bits per heavy atom.